The highest BCUT2D eigenvalue weighted by Gasteiger charge is 2.10. The Hall–Kier alpha value is -1.90. The highest BCUT2D eigenvalue weighted by Crippen LogP contribution is 2.06. The second-order valence-corrected chi connectivity index (χ2v) is 3.77. The van der Waals surface area contributed by atoms with Crippen molar-refractivity contribution in [1.29, 1.82) is 0 Å². The average molecular weight is 214 g/mol. The highest BCUT2D eigenvalue weighted by molar-refractivity contribution is 5.92. The van der Waals surface area contributed by atoms with Crippen molar-refractivity contribution >= 4 is 5.78 Å². The molecule has 0 aliphatic rings. The van der Waals surface area contributed by atoms with Crippen molar-refractivity contribution in [2.45, 2.75) is 12.8 Å². The van der Waals surface area contributed by atoms with Crippen LogP contribution in [-0.4, -0.2) is 15.3 Å². The van der Waals surface area contributed by atoms with Crippen LogP contribution in [0.3, 0.4) is 0 Å². The number of rotatable bonds is 4. The number of imidazole rings is 1. The van der Waals surface area contributed by atoms with Crippen molar-refractivity contribution in [3.63, 3.8) is 0 Å². The van der Waals surface area contributed by atoms with Crippen LogP contribution in [0.2, 0.25) is 0 Å². The predicted octanol–water partition coefficient (Wildman–Crippen LogP) is 2.24. The monoisotopic (exact) mass is 214 g/mol. The minimum absolute atomic E-state index is 0.0938. The minimum Gasteiger partial charge on any atom is -0.332 e. The lowest BCUT2D eigenvalue weighted by Crippen LogP contribution is -2.08. The van der Waals surface area contributed by atoms with E-state index in [1.807, 2.05) is 37.4 Å². The number of aromatic nitrogens is 2. The molecule has 2 rings (SSSR count). The first-order chi connectivity index (χ1) is 7.77. The Morgan fingerprint density at radius 3 is 2.69 bits per heavy atom. The Kier molecular flexibility index (Phi) is 3.15. The molecule has 0 aliphatic heterocycles. The number of nitrogens with zero attached hydrogens (tertiary/aromatic N) is 2. The van der Waals surface area contributed by atoms with Crippen molar-refractivity contribution in [2.24, 2.45) is 7.05 Å². The number of ketones is 1. The topological polar surface area (TPSA) is 34.9 Å². The van der Waals surface area contributed by atoms with E-state index in [0.29, 0.717) is 12.2 Å². The number of benzene rings is 1. The van der Waals surface area contributed by atoms with E-state index < -0.39 is 0 Å². The number of carbonyl (C=O) groups is 1. The quantitative estimate of drug-likeness (QED) is 0.731. The lowest BCUT2D eigenvalue weighted by molar-refractivity contribution is 0.0970. The molecule has 1 heterocycles. The fraction of sp³-hybridized carbons (Fsp3) is 0.231. The molecule has 0 N–H and O–H groups in total. The van der Waals surface area contributed by atoms with E-state index in [1.165, 1.54) is 5.56 Å². The van der Waals surface area contributed by atoms with Crippen LogP contribution in [0.1, 0.15) is 22.6 Å². The average Bonchev–Trinajstić information content (AvgIpc) is 2.74. The number of aryl methyl sites for hydroxylation is 2. The molecule has 0 unspecified atom stereocenters. The van der Waals surface area contributed by atoms with E-state index in [2.05, 4.69) is 4.98 Å². The SMILES string of the molecule is Cn1ccnc1C(=O)CCc1ccccc1. The van der Waals surface area contributed by atoms with Crippen molar-refractivity contribution in [3.05, 3.63) is 54.1 Å². The molecule has 3 heteroatoms. The molecule has 2 aromatic rings. The van der Waals surface area contributed by atoms with Crippen LogP contribution in [0.4, 0.5) is 0 Å². The number of Topliss-reactive ketones (excluding diaryl/α,β-unsaturated/α-hetero) is 1. The molecule has 0 radical (unpaired) electrons. The van der Waals surface area contributed by atoms with Crippen LogP contribution < -0.4 is 0 Å². The van der Waals surface area contributed by atoms with Gasteiger partial charge in [-0.3, -0.25) is 4.79 Å². The molecule has 1 aromatic carbocycles. The molecular weight excluding hydrogens is 200 g/mol. The first-order valence-corrected chi connectivity index (χ1v) is 5.32. The zero-order valence-corrected chi connectivity index (χ0v) is 9.26. The van der Waals surface area contributed by atoms with E-state index in [4.69, 9.17) is 0 Å². The second kappa shape index (κ2) is 4.75. The third kappa shape index (κ3) is 2.37. The maximum atomic E-state index is 11.8. The Bertz CT molecular complexity index is 474. The van der Waals surface area contributed by atoms with Crippen LogP contribution in [0.5, 0.6) is 0 Å². The fourth-order valence-corrected chi connectivity index (χ4v) is 1.65. The molecule has 0 atom stereocenters. The summed E-state index contributed by atoms with van der Waals surface area (Å²) in [6, 6.07) is 10.0. The van der Waals surface area contributed by atoms with Gasteiger partial charge in [0.25, 0.3) is 0 Å². The Balaban J connectivity index is 1.97. The molecule has 0 spiro atoms. The summed E-state index contributed by atoms with van der Waals surface area (Å²) in [4.78, 5) is 15.9. The van der Waals surface area contributed by atoms with Gasteiger partial charge in [-0.05, 0) is 12.0 Å². The van der Waals surface area contributed by atoms with Gasteiger partial charge in [0.2, 0.25) is 0 Å². The Labute approximate surface area is 94.7 Å². The van der Waals surface area contributed by atoms with Gasteiger partial charge in [-0.1, -0.05) is 30.3 Å². The molecule has 1 aromatic heterocycles. The molecule has 0 saturated carbocycles. The third-order valence-corrected chi connectivity index (χ3v) is 2.55. The zero-order chi connectivity index (χ0) is 11.4. The van der Waals surface area contributed by atoms with Crippen molar-refractivity contribution in [3.8, 4) is 0 Å². The minimum atomic E-state index is 0.0938. The Morgan fingerprint density at radius 1 is 1.31 bits per heavy atom. The van der Waals surface area contributed by atoms with Gasteiger partial charge >= 0.3 is 0 Å². The summed E-state index contributed by atoms with van der Waals surface area (Å²) in [5.74, 6) is 0.632. The molecule has 0 bridgehead atoms. The Morgan fingerprint density at radius 2 is 2.06 bits per heavy atom. The predicted molar refractivity (Wildman–Crippen MR) is 62.3 cm³/mol. The largest absolute Gasteiger partial charge is 0.332 e. The molecule has 0 fully saturated rings. The summed E-state index contributed by atoms with van der Waals surface area (Å²) in [5.41, 5.74) is 1.19. The van der Waals surface area contributed by atoms with Gasteiger partial charge in [0.1, 0.15) is 0 Å². The molecule has 0 aliphatic carbocycles. The standard InChI is InChI=1S/C13H14N2O/c1-15-10-9-14-13(15)12(16)8-7-11-5-3-2-4-6-11/h2-6,9-10H,7-8H2,1H3. The van der Waals surface area contributed by atoms with Crippen molar-refractivity contribution in [1.82, 2.24) is 9.55 Å². The van der Waals surface area contributed by atoms with Crippen LogP contribution in [0, 0.1) is 0 Å². The van der Waals surface area contributed by atoms with Crippen LogP contribution in [-0.2, 0) is 13.5 Å². The summed E-state index contributed by atoms with van der Waals surface area (Å²) in [6.07, 6.45) is 4.72. The van der Waals surface area contributed by atoms with Gasteiger partial charge in [-0.2, -0.15) is 0 Å². The van der Waals surface area contributed by atoms with Gasteiger partial charge in [0.15, 0.2) is 11.6 Å². The number of hydrogen-bond acceptors (Lipinski definition) is 2. The first-order valence-electron chi connectivity index (χ1n) is 5.32. The summed E-state index contributed by atoms with van der Waals surface area (Å²) >= 11 is 0. The van der Waals surface area contributed by atoms with Gasteiger partial charge in [-0.25, -0.2) is 4.98 Å². The molecular formula is C13H14N2O. The molecule has 0 saturated heterocycles. The second-order valence-electron chi connectivity index (χ2n) is 3.77. The molecule has 16 heavy (non-hydrogen) atoms. The molecule has 3 nitrogen and oxygen atoms in total. The van der Waals surface area contributed by atoms with E-state index in [0.717, 1.165) is 6.42 Å². The van der Waals surface area contributed by atoms with Crippen molar-refractivity contribution < 1.29 is 4.79 Å². The smallest absolute Gasteiger partial charge is 0.198 e. The van der Waals surface area contributed by atoms with E-state index >= 15 is 0 Å². The van der Waals surface area contributed by atoms with Crippen LogP contribution >= 0.6 is 0 Å². The number of hydrogen-bond donors (Lipinski definition) is 0. The van der Waals surface area contributed by atoms with E-state index in [-0.39, 0.29) is 5.78 Å². The van der Waals surface area contributed by atoms with Gasteiger partial charge in [-0.15, -0.1) is 0 Å². The summed E-state index contributed by atoms with van der Waals surface area (Å²) in [7, 11) is 1.84. The first kappa shape index (κ1) is 10.6. The van der Waals surface area contributed by atoms with Gasteiger partial charge < -0.3 is 4.57 Å². The lowest BCUT2D eigenvalue weighted by atomic mass is 10.1. The normalized spacial score (nSPS) is 10.3. The fourth-order valence-electron chi connectivity index (χ4n) is 1.65. The van der Waals surface area contributed by atoms with Crippen molar-refractivity contribution in [2.75, 3.05) is 0 Å². The zero-order valence-electron chi connectivity index (χ0n) is 9.26. The third-order valence-electron chi connectivity index (χ3n) is 2.55. The number of carbonyl (C=O) groups excluding carboxylic acids is 1. The summed E-state index contributed by atoms with van der Waals surface area (Å²) in [5, 5.41) is 0. The summed E-state index contributed by atoms with van der Waals surface area (Å²) < 4.78 is 1.76. The molecule has 82 valence electrons. The molecule has 0 amide bonds. The highest BCUT2D eigenvalue weighted by atomic mass is 16.1. The maximum Gasteiger partial charge on any atom is 0.198 e. The van der Waals surface area contributed by atoms with E-state index in [1.54, 1.807) is 17.0 Å². The van der Waals surface area contributed by atoms with Crippen LogP contribution in [0.15, 0.2) is 42.7 Å². The van der Waals surface area contributed by atoms with E-state index in [9.17, 15) is 4.79 Å². The van der Waals surface area contributed by atoms with Crippen LogP contribution in [0.25, 0.3) is 0 Å². The lowest BCUT2D eigenvalue weighted by Gasteiger charge is -2.01. The van der Waals surface area contributed by atoms with Gasteiger partial charge in [0.05, 0.1) is 0 Å². The van der Waals surface area contributed by atoms with Gasteiger partial charge in [0, 0.05) is 25.9 Å². The summed E-state index contributed by atoms with van der Waals surface area (Å²) in [6.45, 7) is 0. The maximum absolute atomic E-state index is 11.8.